The van der Waals surface area contributed by atoms with Gasteiger partial charge in [0.1, 0.15) is 6.04 Å². The Morgan fingerprint density at radius 1 is 0.932 bits per heavy atom. The predicted octanol–water partition coefficient (Wildman–Crippen LogP) is 4.26. The number of aryl methyl sites for hydroxylation is 1. The SMILES string of the molecule is CN[C@@H](C)C(=O)N[C@H]1CN(C(=O)c2ccc(S(C)(=O)=O)cc2)c2ccccc2N(Cc2c(C)ccc3ccccc23)C1=O.Cl. The minimum atomic E-state index is -3.45. The number of nitrogens with zero attached hydrogens (tertiary/aromatic N) is 2. The van der Waals surface area contributed by atoms with E-state index < -0.39 is 27.8 Å². The predicted molar refractivity (Wildman–Crippen MR) is 175 cm³/mol. The van der Waals surface area contributed by atoms with Gasteiger partial charge in [0.25, 0.3) is 11.8 Å². The van der Waals surface area contributed by atoms with Crippen LogP contribution in [0.5, 0.6) is 0 Å². The van der Waals surface area contributed by atoms with Crippen LogP contribution in [0.25, 0.3) is 10.8 Å². The third-order valence-corrected chi connectivity index (χ3v) is 9.03. The highest BCUT2D eigenvalue weighted by Gasteiger charge is 2.38. The number of para-hydroxylation sites is 2. The summed E-state index contributed by atoms with van der Waals surface area (Å²) in [6.07, 6.45) is 1.10. The molecule has 9 nitrogen and oxygen atoms in total. The summed E-state index contributed by atoms with van der Waals surface area (Å²) >= 11 is 0. The number of halogens is 1. The van der Waals surface area contributed by atoms with Crippen molar-refractivity contribution < 1.29 is 22.8 Å². The van der Waals surface area contributed by atoms with Crippen molar-refractivity contribution in [2.45, 2.75) is 37.4 Å². The number of sulfone groups is 1. The minimum absolute atomic E-state index is 0. The van der Waals surface area contributed by atoms with Crippen molar-refractivity contribution in [3.63, 3.8) is 0 Å². The topological polar surface area (TPSA) is 116 Å². The molecule has 1 aliphatic rings. The molecule has 0 saturated carbocycles. The summed E-state index contributed by atoms with van der Waals surface area (Å²) in [4.78, 5) is 44.6. The second-order valence-corrected chi connectivity index (χ2v) is 12.8. The van der Waals surface area contributed by atoms with Gasteiger partial charge in [-0.05, 0) is 79.2 Å². The first-order chi connectivity index (χ1) is 20.5. The monoisotopic (exact) mass is 634 g/mol. The Kier molecular flexibility index (Phi) is 9.78. The normalized spacial score (nSPS) is 15.6. The second-order valence-electron chi connectivity index (χ2n) is 10.8. The van der Waals surface area contributed by atoms with Gasteiger partial charge < -0.3 is 20.4 Å². The van der Waals surface area contributed by atoms with Gasteiger partial charge in [-0.1, -0.05) is 48.5 Å². The van der Waals surface area contributed by atoms with Gasteiger partial charge in [-0.25, -0.2) is 8.42 Å². The molecule has 3 amide bonds. The van der Waals surface area contributed by atoms with Gasteiger partial charge in [0.2, 0.25) is 5.91 Å². The number of carbonyl (C=O) groups excluding carboxylic acids is 3. The van der Waals surface area contributed by atoms with Gasteiger partial charge in [0.05, 0.1) is 35.4 Å². The largest absolute Gasteiger partial charge is 0.341 e. The zero-order chi connectivity index (χ0) is 30.9. The Morgan fingerprint density at radius 3 is 2.23 bits per heavy atom. The first-order valence-corrected chi connectivity index (χ1v) is 15.9. The van der Waals surface area contributed by atoms with E-state index in [1.807, 2.05) is 43.3 Å². The zero-order valence-corrected chi connectivity index (χ0v) is 26.5. The third kappa shape index (κ3) is 6.47. The highest BCUT2D eigenvalue weighted by atomic mass is 35.5. The fourth-order valence-electron chi connectivity index (χ4n) is 5.29. The summed E-state index contributed by atoms with van der Waals surface area (Å²) in [7, 11) is -1.80. The molecular weight excluding hydrogens is 600 g/mol. The molecule has 0 bridgehead atoms. The summed E-state index contributed by atoms with van der Waals surface area (Å²) in [5, 5.41) is 7.81. The smallest absolute Gasteiger partial charge is 0.258 e. The van der Waals surface area contributed by atoms with E-state index in [0.717, 1.165) is 28.2 Å². The summed E-state index contributed by atoms with van der Waals surface area (Å²) in [6, 6.07) is 23.3. The lowest BCUT2D eigenvalue weighted by Gasteiger charge is -2.27. The lowest BCUT2D eigenvalue weighted by atomic mass is 9.99. The lowest BCUT2D eigenvalue weighted by Crippen LogP contribution is -2.55. The van der Waals surface area contributed by atoms with Crippen molar-refractivity contribution in [3.05, 3.63) is 102 Å². The first-order valence-electron chi connectivity index (χ1n) is 14.0. The number of anilines is 2. The van der Waals surface area contributed by atoms with E-state index in [-0.39, 0.29) is 47.8 Å². The lowest BCUT2D eigenvalue weighted by molar-refractivity contribution is -0.128. The van der Waals surface area contributed by atoms with Gasteiger partial charge in [-0.3, -0.25) is 14.4 Å². The molecule has 5 rings (SSSR count). The van der Waals surface area contributed by atoms with Crippen LogP contribution in [0, 0.1) is 6.92 Å². The average molecular weight is 635 g/mol. The highest BCUT2D eigenvalue weighted by molar-refractivity contribution is 7.90. The molecule has 44 heavy (non-hydrogen) atoms. The van der Waals surface area contributed by atoms with Gasteiger partial charge in [-0.2, -0.15) is 0 Å². The van der Waals surface area contributed by atoms with Crippen LogP contribution in [0.2, 0.25) is 0 Å². The van der Waals surface area contributed by atoms with Crippen molar-refractivity contribution in [1.29, 1.82) is 0 Å². The summed E-state index contributed by atoms with van der Waals surface area (Å²) in [6.45, 7) is 3.80. The Bertz CT molecular complexity index is 1830. The Labute approximate surface area is 263 Å². The van der Waals surface area contributed by atoms with E-state index in [2.05, 4.69) is 10.6 Å². The average Bonchev–Trinajstić information content (AvgIpc) is 3.11. The number of rotatable bonds is 7. The fraction of sp³-hybridized carbons (Fsp3) is 0.242. The molecule has 4 aromatic rings. The van der Waals surface area contributed by atoms with Crippen LogP contribution in [0.15, 0.2) is 89.8 Å². The molecule has 2 N–H and O–H groups in total. The number of benzene rings is 4. The van der Waals surface area contributed by atoms with E-state index in [0.29, 0.717) is 11.4 Å². The molecule has 0 aromatic heterocycles. The van der Waals surface area contributed by atoms with Crippen molar-refractivity contribution in [1.82, 2.24) is 10.6 Å². The van der Waals surface area contributed by atoms with Crippen molar-refractivity contribution in [2.75, 3.05) is 29.6 Å². The standard InChI is InChI=1S/C33H34N4O5S.ClH/c1-21-13-14-23-9-5-6-10-26(23)27(21)19-36-29-11-7-8-12-30(29)37(20-28(33(36)40)35-31(38)22(2)34-3)32(39)24-15-17-25(18-16-24)43(4,41)42;/h5-18,22,28,34H,19-20H2,1-4H3,(H,35,38);1H/t22-,28-;/m0./s1. The number of hydrogen-bond donors (Lipinski definition) is 2. The van der Waals surface area contributed by atoms with Gasteiger partial charge in [0, 0.05) is 11.8 Å². The Hall–Kier alpha value is -4.25. The second kappa shape index (κ2) is 13.2. The van der Waals surface area contributed by atoms with Crippen LogP contribution < -0.4 is 20.4 Å². The first kappa shape index (κ1) is 32.7. The third-order valence-electron chi connectivity index (χ3n) is 7.90. The van der Waals surface area contributed by atoms with E-state index in [4.69, 9.17) is 0 Å². The van der Waals surface area contributed by atoms with E-state index in [9.17, 15) is 22.8 Å². The number of likely N-dealkylation sites (N-methyl/N-ethyl adjacent to an activating group) is 1. The van der Waals surface area contributed by atoms with Gasteiger partial charge >= 0.3 is 0 Å². The summed E-state index contributed by atoms with van der Waals surface area (Å²) in [5.74, 6) is -1.15. The minimum Gasteiger partial charge on any atom is -0.341 e. The van der Waals surface area contributed by atoms with Crippen LogP contribution in [-0.2, 0) is 26.0 Å². The molecule has 1 heterocycles. The van der Waals surface area contributed by atoms with Crippen LogP contribution in [0.4, 0.5) is 11.4 Å². The molecule has 0 unspecified atom stereocenters. The molecule has 4 aromatic carbocycles. The van der Waals surface area contributed by atoms with E-state index >= 15 is 0 Å². The molecule has 0 spiro atoms. The quantitative estimate of drug-likeness (QED) is 0.314. The van der Waals surface area contributed by atoms with Crippen LogP contribution in [0.3, 0.4) is 0 Å². The van der Waals surface area contributed by atoms with Crippen molar-refractivity contribution in [3.8, 4) is 0 Å². The summed E-state index contributed by atoms with van der Waals surface area (Å²) < 4.78 is 24.0. The Balaban J connectivity index is 0.00000442. The number of carbonyl (C=O) groups is 3. The fourth-order valence-corrected chi connectivity index (χ4v) is 5.92. The van der Waals surface area contributed by atoms with E-state index in [1.54, 1.807) is 43.1 Å². The maximum absolute atomic E-state index is 14.4. The molecule has 0 aliphatic carbocycles. The van der Waals surface area contributed by atoms with Gasteiger partial charge in [0.15, 0.2) is 9.84 Å². The van der Waals surface area contributed by atoms with E-state index in [1.165, 1.54) is 29.2 Å². The maximum Gasteiger partial charge on any atom is 0.258 e. The molecule has 0 fully saturated rings. The van der Waals surface area contributed by atoms with Crippen LogP contribution in [0.1, 0.15) is 28.4 Å². The van der Waals surface area contributed by atoms with Crippen LogP contribution >= 0.6 is 12.4 Å². The Morgan fingerprint density at radius 2 is 1.57 bits per heavy atom. The molecule has 230 valence electrons. The summed E-state index contributed by atoms with van der Waals surface area (Å²) in [5.41, 5.74) is 3.26. The van der Waals surface area contributed by atoms with Crippen molar-refractivity contribution >= 4 is 62.1 Å². The van der Waals surface area contributed by atoms with Gasteiger partial charge in [-0.15, -0.1) is 12.4 Å². The maximum atomic E-state index is 14.4. The molecular formula is C33H35ClN4O5S. The molecule has 0 saturated heterocycles. The van der Waals surface area contributed by atoms with Crippen molar-refractivity contribution in [2.24, 2.45) is 0 Å². The van der Waals surface area contributed by atoms with Crippen LogP contribution in [-0.4, -0.2) is 58.1 Å². The molecule has 2 atom stereocenters. The number of fused-ring (bicyclic) bond motifs is 2. The number of hydrogen-bond acceptors (Lipinski definition) is 6. The number of nitrogens with one attached hydrogen (secondary N) is 2. The highest BCUT2D eigenvalue weighted by Crippen LogP contribution is 2.36. The molecule has 0 radical (unpaired) electrons. The number of amides is 3. The molecule has 1 aliphatic heterocycles. The molecule has 11 heteroatoms. The zero-order valence-electron chi connectivity index (χ0n) is 24.9.